The third-order valence-corrected chi connectivity index (χ3v) is 1.91. The molecule has 0 N–H and O–H groups in total. The molecular weight excluding hydrogens is 206 g/mol. The summed E-state index contributed by atoms with van der Waals surface area (Å²) in [5.74, 6) is -0.631. The van der Waals surface area contributed by atoms with Gasteiger partial charge in [0.15, 0.2) is 0 Å². The zero-order valence-corrected chi connectivity index (χ0v) is 9.10. The van der Waals surface area contributed by atoms with Crippen LogP contribution in [0.4, 0.5) is 0 Å². The van der Waals surface area contributed by atoms with Crippen molar-refractivity contribution in [2.24, 2.45) is 0 Å². The van der Waals surface area contributed by atoms with Gasteiger partial charge in [0, 0.05) is 18.0 Å². The van der Waals surface area contributed by atoms with Gasteiger partial charge < -0.3 is 4.74 Å². The molecule has 0 aromatic carbocycles. The van der Waals surface area contributed by atoms with Gasteiger partial charge in [-0.2, -0.15) is 5.26 Å². The summed E-state index contributed by atoms with van der Waals surface area (Å²) < 4.78 is 4.77. The number of hydrogen-bond donors (Lipinski definition) is 0. The lowest BCUT2D eigenvalue weighted by Gasteiger charge is -2.04. The number of hydrogen-bond acceptors (Lipinski definition) is 5. The molecule has 1 heterocycles. The van der Waals surface area contributed by atoms with Gasteiger partial charge in [-0.15, -0.1) is 0 Å². The van der Waals surface area contributed by atoms with Crippen LogP contribution in [0.1, 0.15) is 19.5 Å². The lowest BCUT2D eigenvalue weighted by Crippen LogP contribution is -2.08. The van der Waals surface area contributed by atoms with E-state index in [1.807, 2.05) is 6.07 Å². The van der Waals surface area contributed by atoms with Crippen molar-refractivity contribution in [3.8, 4) is 6.07 Å². The molecule has 0 aliphatic rings. The summed E-state index contributed by atoms with van der Waals surface area (Å²) in [4.78, 5) is 19.3. The number of nitrogens with zero attached hydrogens (tertiary/aromatic N) is 3. The normalized spacial score (nSPS) is 11.3. The van der Waals surface area contributed by atoms with E-state index in [9.17, 15) is 4.79 Å². The van der Waals surface area contributed by atoms with Gasteiger partial charge in [0.1, 0.15) is 11.6 Å². The Kier molecular flexibility index (Phi) is 4.16. The Morgan fingerprint density at radius 1 is 1.56 bits per heavy atom. The molecule has 0 fully saturated rings. The largest absolute Gasteiger partial charge is 0.462 e. The maximum atomic E-state index is 11.4. The first-order valence-electron chi connectivity index (χ1n) is 4.75. The average Bonchev–Trinajstić information content (AvgIpc) is 2.31. The molecule has 0 atom stereocenters. The Morgan fingerprint density at radius 2 is 2.31 bits per heavy atom. The number of rotatable bonds is 3. The molecule has 1 aromatic heterocycles. The van der Waals surface area contributed by atoms with Crippen molar-refractivity contribution in [3.63, 3.8) is 0 Å². The minimum atomic E-state index is -0.631. The molecule has 0 spiro atoms. The molecule has 82 valence electrons. The quantitative estimate of drug-likeness (QED) is 0.433. The van der Waals surface area contributed by atoms with Crippen molar-refractivity contribution in [1.29, 1.82) is 5.26 Å². The van der Waals surface area contributed by atoms with Gasteiger partial charge in [0.05, 0.1) is 18.5 Å². The summed E-state index contributed by atoms with van der Waals surface area (Å²) in [6, 6.07) is 1.82. The van der Waals surface area contributed by atoms with Gasteiger partial charge in [-0.3, -0.25) is 9.97 Å². The zero-order chi connectivity index (χ0) is 12.0. The molecule has 0 bridgehead atoms. The second-order valence-corrected chi connectivity index (χ2v) is 2.92. The molecule has 0 saturated heterocycles. The smallest absolute Gasteiger partial charge is 0.349 e. The molecule has 5 heteroatoms. The minimum Gasteiger partial charge on any atom is -0.462 e. The van der Waals surface area contributed by atoms with Crippen molar-refractivity contribution in [1.82, 2.24) is 9.97 Å². The number of allylic oxidation sites excluding steroid dienone is 1. The van der Waals surface area contributed by atoms with E-state index in [1.165, 1.54) is 18.6 Å². The average molecular weight is 217 g/mol. The van der Waals surface area contributed by atoms with Crippen LogP contribution in [-0.4, -0.2) is 22.5 Å². The van der Waals surface area contributed by atoms with Gasteiger partial charge in [-0.05, 0) is 13.8 Å². The molecule has 0 aliphatic carbocycles. The molecular formula is C11H11N3O2. The van der Waals surface area contributed by atoms with Crippen LogP contribution in [0.25, 0.3) is 5.57 Å². The summed E-state index contributed by atoms with van der Waals surface area (Å²) in [6.45, 7) is 3.56. The SMILES string of the molecule is CCOC(=O)/C(C#N)=C(\C)c1cnccn1. The number of esters is 1. The second-order valence-electron chi connectivity index (χ2n) is 2.92. The molecule has 5 nitrogen and oxygen atoms in total. The maximum Gasteiger partial charge on any atom is 0.349 e. The van der Waals surface area contributed by atoms with E-state index in [1.54, 1.807) is 13.8 Å². The Morgan fingerprint density at radius 3 is 2.81 bits per heavy atom. The first-order chi connectivity index (χ1) is 7.70. The van der Waals surface area contributed by atoms with E-state index in [4.69, 9.17) is 10.00 Å². The number of nitriles is 1. The fraction of sp³-hybridized carbons (Fsp3) is 0.273. The fourth-order valence-electron chi connectivity index (χ4n) is 1.11. The Hall–Kier alpha value is -2.22. The lowest BCUT2D eigenvalue weighted by molar-refractivity contribution is -0.137. The number of aromatic nitrogens is 2. The van der Waals surface area contributed by atoms with Crippen LogP contribution in [0.15, 0.2) is 24.2 Å². The van der Waals surface area contributed by atoms with E-state index in [2.05, 4.69) is 9.97 Å². The van der Waals surface area contributed by atoms with Gasteiger partial charge in [0.25, 0.3) is 0 Å². The summed E-state index contributed by atoms with van der Waals surface area (Å²) in [5, 5.41) is 8.90. The molecule has 0 saturated carbocycles. The predicted octanol–water partition coefficient (Wildman–Crippen LogP) is 1.34. The van der Waals surface area contributed by atoms with E-state index in [0.29, 0.717) is 11.3 Å². The van der Waals surface area contributed by atoms with Crippen LogP contribution in [0.2, 0.25) is 0 Å². The van der Waals surface area contributed by atoms with Crippen molar-refractivity contribution in [2.75, 3.05) is 6.61 Å². The molecule has 1 rings (SSSR count). The van der Waals surface area contributed by atoms with Crippen molar-refractivity contribution >= 4 is 11.5 Å². The van der Waals surface area contributed by atoms with Crippen LogP contribution < -0.4 is 0 Å². The van der Waals surface area contributed by atoms with Crippen molar-refractivity contribution < 1.29 is 9.53 Å². The van der Waals surface area contributed by atoms with Gasteiger partial charge in [-0.1, -0.05) is 0 Å². The molecule has 16 heavy (non-hydrogen) atoms. The number of carbonyl (C=O) groups excluding carboxylic acids is 1. The Labute approximate surface area is 93.4 Å². The summed E-state index contributed by atoms with van der Waals surface area (Å²) in [7, 11) is 0. The highest BCUT2D eigenvalue weighted by molar-refractivity contribution is 6.00. The monoisotopic (exact) mass is 217 g/mol. The number of ether oxygens (including phenoxy) is 1. The molecule has 0 aliphatic heterocycles. The van der Waals surface area contributed by atoms with Crippen LogP contribution in [0.3, 0.4) is 0 Å². The zero-order valence-electron chi connectivity index (χ0n) is 9.10. The van der Waals surface area contributed by atoms with Crippen LogP contribution >= 0.6 is 0 Å². The van der Waals surface area contributed by atoms with Gasteiger partial charge in [0.2, 0.25) is 0 Å². The maximum absolute atomic E-state index is 11.4. The molecule has 0 unspecified atom stereocenters. The van der Waals surface area contributed by atoms with Crippen molar-refractivity contribution in [2.45, 2.75) is 13.8 Å². The third kappa shape index (κ3) is 2.64. The predicted molar refractivity (Wildman–Crippen MR) is 56.9 cm³/mol. The summed E-state index contributed by atoms with van der Waals surface area (Å²) in [5.41, 5.74) is 0.920. The van der Waals surface area contributed by atoms with Crippen LogP contribution in [0.5, 0.6) is 0 Å². The van der Waals surface area contributed by atoms with E-state index in [0.717, 1.165) is 0 Å². The van der Waals surface area contributed by atoms with Gasteiger partial charge >= 0.3 is 5.97 Å². The van der Waals surface area contributed by atoms with E-state index >= 15 is 0 Å². The molecule has 0 radical (unpaired) electrons. The Balaban J connectivity index is 3.11. The first-order valence-corrected chi connectivity index (χ1v) is 4.75. The van der Waals surface area contributed by atoms with Gasteiger partial charge in [-0.25, -0.2) is 4.79 Å². The van der Waals surface area contributed by atoms with E-state index < -0.39 is 5.97 Å². The summed E-state index contributed by atoms with van der Waals surface area (Å²) >= 11 is 0. The fourth-order valence-corrected chi connectivity index (χ4v) is 1.11. The molecule has 1 aromatic rings. The highest BCUT2D eigenvalue weighted by atomic mass is 16.5. The number of carbonyl (C=O) groups is 1. The topological polar surface area (TPSA) is 75.9 Å². The summed E-state index contributed by atoms with van der Waals surface area (Å²) in [6.07, 6.45) is 4.51. The Bertz CT molecular complexity index is 446. The van der Waals surface area contributed by atoms with Crippen molar-refractivity contribution in [3.05, 3.63) is 29.9 Å². The van der Waals surface area contributed by atoms with E-state index in [-0.39, 0.29) is 12.2 Å². The lowest BCUT2D eigenvalue weighted by atomic mass is 10.1. The van der Waals surface area contributed by atoms with Crippen LogP contribution in [0, 0.1) is 11.3 Å². The second kappa shape index (κ2) is 5.61. The third-order valence-electron chi connectivity index (χ3n) is 1.91. The minimum absolute atomic E-state index is 0.0395. The molecule has 0 amide bonds. The highest BCUT2D eigenvalue weighted by Crippen LogP contribution is 2.15. The highest BCUT2D eigenvalue weighted by Gasteiger charge is 2.15. The van der Waals surface area contributed by atoms with Crippen LogP contribution in [-0.2, 0) is 9.53 Å². The standard InChI is InChI=1S/C11H11N3O2/c1-3-16-11(15)9(6-12)8(2)10-7-13-4-5-14-10/h4-5,7H,3H2,1-2H3/b9-8+. The first kappa shape index (κ1) is 11.9.